The largest absolute Gasteiger partial charge is 0.480 e. The number of urea groups is 1. The van der Waals surface area contributed by atoms with Crippen molar-refractivity contribution in [1.82, 2.24) is 15.6 Å². The number of nitrogens with zero attached hydrogens (tertiary/aromatic N) is 1. The maximum Gasteiger partial charge on any atom is 0.326 e. The molecule has 1 aliphatic rings. The highest BCUT2D eigenvalue weighted by molar-refractivity contribution is 5.98. The van der Waals surface area contributed by atoms with Crippen molar-refractivity contribution in [3.05, 3.63) is 65.9 Å². The van der Waals surface area contributed by atoms with Gasteiger partial charge in [-0.1, -0.05) is 36.4 Å². The van der Waals surface area contributed by atoms with Crippen molar-refractivity contribution in [2.45, 2.75) is 18.9 Å². The van der Waals surface area contributed by atoms with Crippen LogP contribution in [0.2, 0.25) is 0 Å². The first-order valence-corrected chi connectivity index (χ1v) is 9.73. The van der Waals surface area contributed by atoms with Crippen molar-refractivity contribution < 1.29 is 19.5 Å². The molecule has 0 saturated carbocycles. The molecule has 2 aromatic carbocycles. The minimum absolute atomic E-state index is 0.125. The summed E-state index contributed by atoms with van der Waals surface area (Å²) >= 11 is 0. The quantitative estimate of drug-likeness (QED) is 0.502. The van der Waals surface area contributed by atoms with Gasteiger partial charge in [0.1, 0.15) is 6.04 Å². The Morgan fingerprint density at radius 1 is 1.10 bits per heavy atom. The van der Waals surface area contributed by atoms with Crippen LogP contribution in [0.15, 0.2) is 54.7 Å². The lowest BCUT2D eigenvalue weighted by atomic mass is 10.1. The normalized spacial score (nSPS) is 13.7. The van der Waals surface area contributed by atoms with Gasteiger partial charge in [-0.2, -0.15) is 0 Å². The van der Waals surface area contributed by atoms with E-state index in [1.54, 1.807) is 11.1 Å². The summed E-state index contributed by atoms with van der Waals surface area (Å²) < 4.78 is 0. The number of aromatic amines is 1. The van der Waals surface area contributed by atoms with Crippen LogP contribution in [0.4, 0.5) is 10.5 Å². The number of carboxylic acids is 1. The molecule has 4 rings (SSSR count). The Balaban J connectivity index is 1.35. The van der Waals surface area contributed by atoms with Gasteiger partial charge in [0.25, 0.3) is 0 Å². The van der Waals surface area contributed by atoms with Gasteiger partial charge in [0, 0.05) is 35.8 Å². The van der Waals surface area contributed by atoms with Gasteiger partial charge in [-0.15, -0.1) is 0 Å². The van der Waals surface area contributed by atoms with E-state index in [2.05, 4.69) is 15.6 Å². The molecule has 1 aliphatic heterocycles. The average molecular weight is 406 g/mol. The fourth-order valence-corrected chi connectivity index (χ4v) is 3.78. The van der Waals surface area contributed by atoms with Crippen molar-refractivity contribution in [3.8, 4) is 0 Å². The second kappa shape index (κ2) is 8.28. The highest BCUT2D eigenvalue weighted by Crippen LogP contribution is 2.27. The van der Waals surface area contributed by atoms with Gasteiger partial charge in [0.05, 0.1) is 6.54 Å². The smallest absolute Gasteiger partial charge is 0.326 e. The van der Waals surface area contributed by atoms with Crippen LogP contribution in [0.3, 0.4) is 0 Å². The van der Waals surface area contributed by atoms with E-state index in [9.17, 15) is 19.5 Å². The number of benzene rings is 2. The summed E-state index contributed by atoms with van der Waals surface area (Å²) in [6.45, 7) is 0.361. The highest BCUT2D eigenvalue weighted by Gasteiger charge is 2.25. The first kappa shape index (κ1) is 19.5. The summed E-state index contributed by atoms with van der Waals surface area (Å²) in [5.74, 6) is -1.38. The number of carboxylic acid groups (broad SMARTS) is 1. The average Bonchev–Trinajstić information content (AvgIpc) is 3.36. The van der Waals surface area contributed by atoms with E-state index in [1.165, 1.54) is 0 Å². The second-order valence-corrected chi connectivity index (χ2v) is 7.21. The van der Waals surface area contributed by atoms with Gasteiger partial charge in [-0.25, -0.2) is 9.59 Å². The number of rotatable bonds is 6. The number of para-hydroxylation sites is 2. The zero-order valence-electron chi connectivity index (χ0n) is 16.2. The lowest BCUT2D eigenvalue weighted by molar-refractivity contribution is -0.139. The SMILES string of the molecule is O=C(NCC(=O)N1CCc2ccccc21)N[C@H](Cc1c[nH]c2ccccc12)C(=O)O. The third-order valence-corrected chi connectivity index (χ3v) is 5.29. The van der Waals surface area contributed by atoms with E-state index in [0.29, 0.717) is 6.54 Å². The lowest BCUT2D eigenvalue weighted by Gasteiger charge is -2.19. The minimum atomic E-state index is -1.14. The number of hydrogen-bond donors (Lipinski definition) is 4. The molecule has 8 nitrogen and oxygen atoms in total. The predicted molar refractivity (Wildman–Crippen MR) is 112 cm³/mol. The molecule has 2 heterocycles. The Bertz CT molecular complexity index is 1110. The lowest BCUT2D eigenvalue weighted by Crippen LogP contribution is -2.49. The molecule has 0 bridgehead atoms. The van der Waals surface area contributed by atoms with Gasteiger partial charge >= 0.3 is 12.0 Å². The summed E-state index contributed by atoms with van der Waals surface area (Å²) in [4.78, 5) is 41.1. The maximum absolute atomic E-state index is 12.5. The predicted octanol–water partition coefficient (Wildman–Crippen LogP) is 2.05. The zero-order valence-corrected chi connectivity index (χ0v) is 16.2. The molecule has 0 aliphatic carbocycles. The summed E-state index contributed by atoms with van der Waals surface area (Å²) in [7, 11) is 0. The summed E-state index contributed by atoms with van der Waals surface area (Å²) in [5, 5.41) is 15.4. The summed E-state index contributed by atoms with van der Waals surface area (Å²) in [6.07, 6.45) is 2.65. The van der Waals surface area contributed by atoms with Crippen molar-refractivity contribution in [1.29, 1.82) is 0 Å². The molecule has 0 radical (unpaired) electrons. The third kappa shape index (κ3) is 3.98. The van der Waals surface area contributed by atoms with Crippen LogP contribution in [0.5, 0.6) is 0 Å². The molecule has 4 N–H and O–H groups in total. The van der Waals surface area contributed by atoms with Crippen molar-refractivity contribution in [2.75, 3.05) is 18.0 Å². The number of amides is 3. The molecular formula is C22H22N4O4. The van der Waals surface area contributed by atoms with Gasteiger partial charge in [0.2, 0.25) is 5.91 Å². The number of carbonyl (C=O) groups is 3. The summed E-state index contributed by atoms with van der Waals surface area (Å²) in [6, 6.07) is 13.4. The number of aliphatic carboxylic acids is 1. The summed E-state index contributed by atoms with van der Waals surface area (Å²) in [5.41, 5.74) is 3.65. The van der Waals surface area contributed by atoms with Gasteiger partial charge in [-0.3, -0.25) is 4.79 Å². The number of H-pyrrole nitrogens is 1. The molecule has 0 saturated heterocycles. The molecular weight excluding hydrogens is 384 g/mol. The van der Waals surface area contributed by atoms with Crippen molar-refractivity contribution in [2.24, 2.45) is 0 Å². The molecule has 154 valence electrons. The molecule has 1 atom stereocenters. The standard InChI is InChI=1S/C22H22N4O4/c27-20(26-10-9-14-5-1-4-8-19(14)26)13-24-22(30)25-18(21(28)29)11-15-12-23-17-7-3-2-6-16(15)17/h1-8,12,18,23H,9-11,13H2,(H,28,29)(H2,24,25,30)/t18-/m1/s1. The van der Waals surface area contributed by atoms with E-state index in [0.717, 1.165) is 34.1 Å². The van der Waals surface area contributed by atoms with Gasteiger partial charge in [0.15, 0.2) is 0 Å². The fraction of sp³-hybridized carbons (Fsp3) is 0.227. The Hall–Kier alpha value is -3.81. The third-order valence-electron chi connectivity index (χ3n) is 5.29. The minimum Gasteiger partial charge on any atom is -0.480 e. The van der Waals surface area contributed by atoms with Crippen LogP contribution in [0.25, 0.3) is 10.9 Å². The number of fused-ring (bicyclic) bond motifs is 2. The van der Waals surface area contributed by atoms with Crippen molar-refractivity contribution in [3.63, 3.8) is 0 Å². The van der Waals surface area contributed by atoms with Crippen LogP contribution in [-0.4, -0.2) is 47.1 Å². The Morgan fingerprint density at radius 3 is 2.70 bits per heavy atom. The van der Waals surface area contributed by atoms with E-state index in [4.69, 9.17) is 0 Å². The number of anilines is 1. The Morgan fingerprint density at radius 2 is 1.87 bits per heavy atom. The molecule has 8 heteroatoms. The van der Waals surface area contributed by atoms with Crippen molar-refractivity contribution >= 4 is 34.5 Å². The number of carbonyl (C=O) groups excluding carboxylic acids is 2. The first-order valence-electron chi connectivity index (χ1n) is 9.73. The molecule has 3 amide bonds. The molecule has 0 fully saturated rings. The van der Waals surface area contributed by atoms with Gasteiger partial charge < -0.3 is 25.6 Å². The second-order valence-electron chi connectivity index (χ2n) is 7.21. The van der Waals surface area contributed by atoms with E-state index < -0.39 is 18.0 Å². The molecule has 1 aromatic heterocycles. The van der Waals surface area contributed by atoms with Crippen LogP contribution in [-0.2, 0) is 22.4 Å². The Kier molecular flexibility index (Phi) is 5.38. The molecule has 30 heavy (non-hydrogen) atoms. The highest BCUT2D eigenvalue weighted by atomic mass is 16.4. The van der Waals surface area contributed by atoms with Crippen LogP contribution in [0.1, 0.15) is 11.1 Å². The number of aromatic nitrogens is 1. The number of nitrogens with one attached hydrogen (secondary N) is 3. The topological polar surface area (TPSA) is 115 Å². The van der Waals surface area contributed by atoms with E-state index in [-0.39, 0.29) is 18.9 Å². The monoisotopic (exact) mass is 406 g/mol. The van der Waals surface area contributed by atoms with E-state index in [1.807, 2.05) is 48.5 Å². The van der Waals surface area contributed by atoms with Gasteiger partial charge in [-0.05, 0) is 29.7 Å². The molecule has 0 spiro atoms. The van der Waals surface area contributed by atoms with E-state index >= 15 is 0 Å². The van der Waals surface area contributed by atoms with Crippen LogP contribution in [0, 0.1) is 0 Å². The first-order chi connectivity index (χ1) is 14.5. The number of hydrogen-bond acceptors (Lipinski definition) is 3. The Labute approximate surface area is 172 Å². The van der Waals surface area contributed by atoms with Crippen LogP contribution >= 0.6 is 0 Å². The zero-order chi connectivity index (χ0) is 21.1. The molecule has 0 unspecified atom stereocenters. The van der Waals surface area contributed by atoms with Crippen LogP contribution < -0.4 is 15.5 Å². The maximum atomic E-state index is 12.5. The molecule has 3 aromatic rings. The fourth-order valence-electron chi connectivity index (χ4n) is 3.78.